The molecule has 0 aliphatic carbocycles. The topological polar surface area (TPSA) is 67.7 Å². The van der Waals surface area contributed by atoms with Gasteiger partial charge in [-0.2, -0.15) is 5.10 Å². The summed E-state index contributed by atoms with van der Waals surface area (Å²) in [5, 5.41) is 12.6. The maximum absolute atomic E-state index is 7.65. The second-order valence-electron chi connectivity index (χ2n) is 4.26. The number of aryl methyl sites for hydroxylation is 1. The zero-order valence-electron chi connectivity index (χ0n) is 10.6. The van der Waals surface area contributed by atoms with Crippen molar-refractivity contribution in [2.24, 2.45) is 5.73 Å². The van der Waals surface area contributed by atoms with Crippen LogP contribution in [-0.4, -0.2) is 15.6 Å². The molecular weight excluding hydrogens is 248 g/mol. The third kappa shape index (κ3) is 1.88. The number of nitrogens with one attached hydrogen (secondary N) is 1. The SMILES string of the molecule is Cc1nn(-c2cccc(Cl)c2C(=N)N)c(C)c1C. The van der Waals surface area contributed by atoms with E-state index in [0.29, 0.717) is 10.6 Å². The van der Waals surface area contributed by atoms with Crippen LogP contribution in [0.25, 0.3) is 5.69 Å². The van der Waals surface area contributed by atoms with Gasteiger partial charge in [-0.05, 0) is 38.5 Å². The first kappa shape index (κ1) is 12.6. The van der Waals surface area contributed by atoms with Crippen LogP contribution in [0.3, 0.4) is 0 Å². The average molecular weight is 263 g/mol. The molecule has 0 radical (unpaired) electrons. The zero-order valence-corrected chi connectivity index (χ0v) is 11.3. The van der Waals surface area contributed by atoms with E-state index in [2.05, 4.69) is 5.10 Å². The Balaban J connectivity index is 2.75. The van der Waals surface area contributed by atoms with Crippen LogP contribution in [0.15, 0.2) is 18.2 Å². The van der Waals surface area contributed by atoms with Gasteiger partial charge in [0, 0.05) is 5.69 Å². The van der Waals surface area contributed by atoms with Gasteiger partial charge < -0.3 is 5.73 Å². The molecule has 0 amide bonds. The number of benzene rings is 1. The molecule has 0 unspecified atom stereocenters. The third-order valence-electron chi connectivity index (χ3n) is 3.14. The average Bonchev–Trinajstić information content (AvgIpc) is 2.56. The molecule has 0 spiro atoms. The zero-order chi connectivity index (χ0) is 13.4. The van der Waals surface area contributed by atoms with Crippen molar-refractivity contribution in [3.05, 3.63) is 45.7 Å². The number of halogens is 1. The second kappa shape index (κ2) is 4.46. The Kier molecular flexibility index (Phi) is 3.13. The van der Waals surface area contributed by atoms with E-state index in [0.717, 1.165) is 22.6 Å². The van der Waals surface area contributed by atoms with E-state index in [1.54, 1.807) is 10.7 Å². The van der Waals surface area contributed by atoms with E-state index in [1.165, 1.54) is 0 Å². The monoisotopic (exact) mass is 262 g/mol. The molecule has 0 fully saturated rings. The minimum Gasteiger partial charge on any atom is -0.384 e. The lowest BCUT2D eigenvalue weighted by atomic mass is 10.1. The summed E-state index contributed by atoms with van der Waals surface area (Å²) in [6.07, 6.45) is 0. The molecule has 18 heavy (non-hydrogen) atoms. The number of nitrogens with two attached hydrogens (primary N) is 1. The summed E-state index contributed by atoms with van der Waals surface area (Å²) in [7, 11) is 0. The van der Waals surface area contributed by atoms with Crippen molar-refractivity contribution in [3.8, 4) is 5.69 Å². The van der Waals surface area contributed by atoms with Gasteiger partial charge in [0.2, 0.25) is 0 Å². The van der Waals surface area contributed by atoms with Crippen LogP contribution < -0.4 is 5.73 Å². The number of amidine groups is 1. The van der Waals surface area contributed by atoms with E-state index in [1.807, 2.05) is 32.9 Å². The molecule has 4 nitrogen and oxygen atoms in total. The maximum Gasteiger partial charge on any atom is 0.126 e. The molecule has 2 aromatic rings. The van der Waals surface area contributed by atoms with Crippen LogP contribution in [0, 0.1) is 26.2 Å². The van der Waals surface area contributed by atoms with Crippen molar-refractivity contribution in [2.75, 3.05) is 0 Å². The normalized spacial score (nSPS) is 10.7. The molecule has 94 valence electrons. The van der Waals surface area contributed by atoms with Crippen molar-refractivity contribution < 1.29 is 0 Å². The quantitative estimate of drug-likeness (QED) is 0.645. The molecule has 0 aliphatic rings. The van der Waals surface area contributed by atoms with E-state index in [4.69, 9.17) is 22.7 Å². The van der Waals surface area contributed by atoms with Crippen molar-refractivity contribution in [1.82, 2.24) is 9.78 Å². The Hall–Kier alpha value is -1.81. The van der Waals surface area contributed by atoms with Gasteiger partial charge in [-0.15, -0.1) is 0 Å². The lowest BCUT2D eigenvalue weighted by Crippen LogP contribution is -2.16. The summed E-state index contributed by atoms with van der Waals surface area (Å²) in [6.45, 7) is 5.96. The summed E-state index contributed by atoms with van der Waals surface area (Å²) >= 11 is 6.11. The van der Waals surface area contributed by atoms with Gasteiger partial charge in [0.05, 0.1) is 22.0 Å². The first-order valence-corrected chi connectivity index (χ1v) is 5.97. The molecule has 1 heterocycles. The Morgan fingerprint density at radius 1 is 1.33 bits per heavy atom. The minimum atomic E-state index is -0.0548. The fraction of sp³-hybridized carbons (Fsp3) is 0.231. The number of hydrogen-bond donors (Lipinski definition) is 2. The molecule has 1 aromatic carbocycles. The second-order valence-corrected chi connectivity index (χ2v) is 4.66. The van der Waals surface area contributed by atoms with Crippen LogP contribution in [0.5, 0.6) is 0 Å². The van der Waals surface area contributed by atoms with Crippen LogP contribution in [0.1, 0.15) is 22.5 Å². The van der Waals surface area contributed by atoms with Crippen LogP contribution >= 0.6 is 11.6 Å². The number of nitrogens with zero attached hydrogens (tertiary/aromatic N) is 2. The van der Waals surface area contributed by atoms with Gasteiger partial charge in [-0.3, -0.25) is 5.41 Å². The van der Waals surface area contributed by atoms with E-state index in [-0.39, 0.29) is 5.84 Å². The van der Waals surface area contributed by atoms with Gasteiger partial charge in [-0.1, -0.05) is 17.7 Å². The number of nitrogen functional groups attached to an aromatic ring is 1. The Morgan fingerprint density at radius 2 is 2.00 bits per heavy atom. The molecule has 0 aliphatic heterocycles. The number of rotatable bonds is 2. The standard InChI is InChI=1S/C13H15ClN4/c1-7-8(2)17-18(9(7)3)11-6-4-5-10(14)12(11)13(15)16/h4-6H,1-3H3,(H3,15,16). The first-order chi connectivity index (χ1) is 8.43. The van der Waals surface area contributed by atoms with E-state index < -0.39 is 0 Å². The maximum atomic E-state index is 7.65. The summed E-state index contributed by atoms with van der Waals surface area (Å²) < 4.78 is 1.78. The summed E-state index contributed by atoms with van der Waals surface area (Å²) in [4.78, 5) is 0. The fourth-order valence-corrected chi connectivity index (χ4v) is 2.18. The molecule has 0 saturated carbocycles. The van der Waals surface area contributed by atoms with Gasteiger partial charge in [0.1, 0.15) is 5.84 Å². The minimum absolute atomic E-state index is 0.0548. The lowest BCUT2D eigenvalue weighted by Gasteiger charge is -2.11. The molecule has 2 rings (SSSR count). The van der Waals surface area contributed by atoms with Crippen molar-refractivity contribution in [3.63, 3.8) is 0 Å². The molecule has 0 bridgehead atoms. The first-order valence-electron chi connectivity index (χ1n) is 5.59. The highest BCUT2D eigenvalue weighted by Crippen LogP contribution is 2.25. The summed E-state index contributed by atoms with van der Waals surface area (Å²) in [5.74, 6) is -0.0548. The van der Waals surface area contributed by atoms with E-state index in [9.17, 15) is 0 Å². The molecule has 0 saturated heterocycles. The summed E-state index contributed by atoms with van der Waals surface area (Å²) in [6, 6.07) is 5.41. The Bertz CT molecular complexity index is 628. The highest BCUT2D eigenvalue weighted by molar-refractivity contribution is 6.34. The van der Waals surface area contributed by atoms with Crippen LogP contribution in [0.2, 0.25) is 5.02 Å². The van der Waals surface area contributed by atoms with Crippen molar-refractivity contribution in [1.29, 1.82) is 5.41 Å². The number of aromatic nitrogens is 2. The van der Waals surface area contributed by atoms with Gasteiger partial charge in [0.15, 0.2) is 0 Å². The highest BCUT2D eigenvalue weighted by atomic mass is 35.5. The Labute approximate surface area is 111 Å². The predicted octanol–water partition coefficient (Wildman–Crippen LogP) is 2.74. The smallest absolute Gasteiger partial charge is 0.126 e. The fourth-order valence-electron chi connectivity index (χ4n) is 1.91. The van der Waals surface area contributed by atoms with Crippen LogP contribution in [-0.2, 0) is 0 Å². The largest absolute Gasteiger partial charge is 0.384 e. The highest BCUT2D eigenvalue weighted by Gasteiger charge is 2.15. The Morgan fingerprint density at radius 3 is 2.50 bits per heavy atom. The lowest BCUT2D eigenvalue weighted by molar-refractivity contribution is 0.831. The van der Waals surface area contributed by atoms with Gasteiger partial charge in [0.25, 0.3) is 0 Å². The van der Waals surface area contributed by atoms with Crippen molar-refractivity contribution >= 4 is 17.4 Å². The predicted molar refractivity (Wildman–Crippen MR) is 73.8 cm³/mol. The van der Waals surface area contributed by atoms with E-state index >= 15 is 0 Å². The number of hydrogen-bond acceptors (Lipinski definition) is 2. The van der Waals surface area contributed by atoms with Crippen LogP contribution in [0.4, 0.5) is 0 Å². The third-order valence-corrected chi connectivity index (χ3v) is 3.46. The molecule has 0 atom stereocenters. The molecular formula is C13H15ClN4. The van der Waals surface area contributed by atoms with Gasteiger partial charge >= 0.3 is 0 Å². The summed E-state index contributed by atoms with van der Waals surface area (Å²) in [5.41, 5.74) is 9.98. The van der Waals surface area contributed by atoms with Crippen molar-refractivity contribution in [2.45, 2.75) is 20.8 Å². The molecule has 5 heteroatoms. The van der Waals surface area contributed by atoms with Gasteiger partial charge in [-0.25, -0.2) is 4.68 Å². The molecule has 1 aromatic heterocycles. The molecule has 3 N–H and O–H groups in total.